The first-order chi connectivity index (χ1) is 12.1. The van der Waals surface area contributed by atoms with Gasteiger partial charge in [-0.25, -0.2) is 0 Å². The molecule has 1 aromatic heterocycles. The fraction of sp³-hybridized carbons (Fsp3) is 0.125. The SMILES string of the molecule is Cc1ccc(C=Cc2cccc(C=Cc3ccc(C)cc3)[n+]2C)cc1. The summed E-state index contributed by atoms with van der Waals surface area (Å²) in [6, 6.07) is 23.5. The summed E-state index contributed by atoms with van der Waals surface area (Å²) in [7, 11) is 2.10. The summed E-state index contributed by atoms with van der Waals surface area (Å²) in [4.78, 5) is 0. The minimum Gasteiger partial charge on any atom is -0.195 e. The molecular formula is C24H24N+. The van der Waals surface area contributed by atoms with Crippen molar-refractivity contribution < 1.29 is 4.57 Å². The van der Waals surface area contributed by atoms with E-state index in [0.29, 0.717) is 0 Å². The van der Waals surface area contributed by atoms with Crippen LogP contribution in [0.1, 0.15) is 33.6 Å². The summed E-state index contributed by atoms with van der Waals surface area (Å²) in [5.74, 6) is 0. The van der Waals surface area contributed by atoms with E-state index in [9.17, 15) is 0 Å². The largest absolute Gasteiger partial charge is 0.205 e. The van der Waals surface area contributed by atoms with E-state index in [2.05, 4.69) is 116 Å². The first kappa shape index (κ1) is 16.9. The van der Waals surface area contributed by atoms with Gasteiger partial charge in [-0.15, -0.1) is 0 Å². The van der Waals surface area contributed by atoms with Crippen LogP contribution in [-0.4, -0.2) is 0 Å². The van der Waals surface area contributed by atoms with Gasteiger partial charge >= 0.3 is 0 Å². The molecule has 1 nitrogen and oxygen atoms in total. The van der Waals surface area contributed by atoms with Crippen LogP contribution in [0.15, 0.2) is 66.7 Å². The smallest absolute Gasteiger partial charge is 0.195 e. The molecule has 3 rings (SSSR count). The molecule has 0 aliphatic heterocycles. The predicted octanol–water partition coefficient (Wildman–Crippen LogP) is 5.47. The van der Waals surface area contributed by atoms with Crippen molar-refractivity contribution in [2.45, 2.75) is 13.8 Å². The van der Waals surface area contributed by atoms with Gasteiger partial charge in [0.1, 0.15) is 7.05 Å². The quantitative estimate of drug-likeness (QED) is 0.560. The first-order valence-corrected chi connectivity index (χ1v) is 8.60. The molecule has 0 bridgehead atoms. The second kappa shape index (κ2) is 7.76. The van der Waals surface area contributed by atoms with Gasteiger partial charge in [0.15, 0.2) is 0 Å². The van der Waals surface area contributed by atoms with Crippen LogP contribution in [0.3, 0.4) is 0 Å². The molecule has 0 atom stereocenters. The van der Waals surface area contributed by atoms with Gasteiger partial charge in [0.2, 0.25) is 11.4 Å². The molecule has 0 amide bonds. The molecule has 0 spiro atoms. The van der Waals surface area contributed by atoms with Crippen LogP contribution < -0.4 is 4.57 Å². The molecule has 0 aliphatic carbocycles. The Morgan fingerprint density at radius 2 is 0.960 bits per heavy atom. The standard InChI is InChI=1S/C24H24N/c1-19-7-11-21(12-8-19)15-17-23-5-4-6-24(25(23)3)18-16-22-13-9-20(2)10-14-22/h4-18H,1-3H3/q+1. The molecule has 0 radical (unpaired) electrons. The van der Waals surface area contributed by atoms with Gasteiger partial charge in [-0.3, -0.25) is 0 Å². The van der Waals surface area contributed by atoms with Gasteiger partial charge in [0, 0.05) is 24.3 Å². The Balaban J connectivity index is 1.82. The minimum atomic E-state index is 1.17. The fourth-order valence-electron chi connectivity index (χ4n) is 2.67. The Morgan fingerprint density at radius 1 is 0.560 bits per heavy atom. The number of aryl methyl sites for hydroxylation is 2. The van der Waals surface area contributed by atoms with Crippen molar-refractivity contribution in [1.82, 2.24) is 0 Å². The number of benzene rings is 2. The van der Waals surface area contributed by atoms with Crippen molar-refractivity contribution in [3.8, 4) is 0 Å². The van der Waals surface area contributed by atoms with Gasteiger partial charge in [0.25, 0.3) is 0 Å². The molecule has 1 heterocycles. The summed E-state index contributed by atoms with van der Waals surface area (Å²) in [6.45, 7) is 4.22. The Bertz CT molecular complexity index is 824. The number of aromatic nitrogens is 1. The average molecular weight is 326 g/mol. The molecule has 0 N–H and O–H groups in total. The average Bonchev–Trinajstić information content (AvgIpc) is 2.62. The number of nitrogens with zero attached hydrogens (tertiary/aromatic N) is 1. The van der Waals surface area contributed by atoms with Crippen LogP contribution in [0.5, 0.6) is 0 Å². The maximum Gasteiger partial charge on any atom is 0.205 e. The van der Waals surface area contributed by atoms with Crippen LogP contribution in [0, 0.1) is 13.8 Å². The summed E-state index contributed by atoms with van der Waals surface area (Å²) < 4.78 is 2.20. The van der Waals surface area contributed by atoms with E-state index < -0.39 is 0 Å². The molecule has 2 aromatic carbocycles. The van der Waals surface area contributed by atoms with E-state index in [4.69, 9.17) is 0 Å². The van der Waals surface area contributed by atoms with Gasteiger partial charge in [0.05, 0.1) is 0 Å². The monoisotopic (exact) mass is 326 g/mol. The van der Waals surface area contributed by atoms with Crippen LogP contribution in [-0.2, 0) is 7.05 Å². The van der Waals surface area contributed by atoms with Gasteiger partial charge in [-0.1, -0.05) is 59.7 Å². The lowest BCUT2D eigenvalue weighted by atomic mass is 10.1. The maximum atomic E-state index is 2.20. The highest BCUT2D eigenvalue weighted by Gasteiger charge is 2.06. The second-order valence-electron chi connectivity index (χ2n) is 6.42. The van der Waals surface area contributed by atoms with Gasteiger partial charge in [-0.2, -0.15) is 4.57 Å². The molecule has 0 saturated heterocycles. The Labute approximate surface area is 150 Å². The Morgan fingerprint density at radius 3 is 1.36 bits per heavy atom. The Kier molecular flexibility index (Phi) is 5.25. The summed E-state index contributed by atoms with van der Waals surface area (Å²) in [5.41, 5.74) is 7.34. The molecule has 0 unspecified atom stereocenters. The third-order valence-corrected chi connectivity index (χ3v) is 4.36. The molecule has 3 aromatic rings. The lowest BCUT2D eigenvalue weighted by Crippen LogP contribution is -2.35. The van der Waals surface area contributed by atoms with Crippen molar-refractivity contribution in [2.75, 3.05) is 0 Å². The van der Waals surface area contributed by atoms with Gasteiger partial charge in [-0.05, 0) is 43.2 Å². The second-order valence-corrected chi connectivity index (χ2v) is 6.42. The van der Waals surface area contributed by atoms with Crippen molar-refractivity contribution in [2.24, 2.45) is 7.05 Å². The zero-order valence-corrected chi connectivity index (χ0v) is 15.1. The van der Waals surface area contributed by atoms with E-state index in [1.807, 2.05) is 0 Å². The van der Waals surface area contributed by atoms with Gasteiger partial charge < -0.3 is 0 Å². The van der Waals surface area contributed by atoms with E-state index >= 15 is 0 Å². The van der Waals surface area contributed by atoms with Crippen LogP contribution in [0.4, 0.5) is 0 Å². The topological polar surface area (TPSA) is 3.88 Å². The molecule has 124 valence electrons. The molecule has 0 saturated carbocycles. The van der Waals surface area contributed by atoms with Crippen molar-refractivity contribution in [3.05, 3.63) is 100 Å². The van der Waals surface area contributed by atoms with E-state index in [-0.39, 0.29) is 0 Å². The lowest BCUT2D eigenvalue weighted by Gasteiger charge is -2.00. The Hall–Kier alpha value is -2.93. The summed E-state index contributed by atoms with van der Waals surface area (Å²) in [5, 5.41) is 0. The number of rotatable bonds is 4. The van der Waals surface area contributed by atoms with E-state index in [0.717, 1.165) is 0 Å². The highest BCUT2D eigenvalue weighted by molar-refractivity contribution is 5.69. The van der Waals surface area contributed by atoms with Crippen LogP contribution in [0.2, 0.25) is 0 Å². The third-order valence-electron chi connectivity index (χ3n) is 4.36. The summed E-state index contributed by atoms with van der Waals surface area (Å²) in [6.07, 6.45) is 8.63. The fourth-order valence-corrected chi connectivity index (χ4v) is 2.67. The maximum absolute atomic E-state index is 2.20. The van der Waals surface area contributed by atoms with Crippen LogP contribution >= 0.6 is 0 Å². The normalized spacial score (nSPS) is 11.5. The predicted molar refractivity (Wildman–Crippen MR) is 108 cm³/mol. The summed E-state index contributed by atoms with van der Waals surface area (Å²) >= 11 is 0. The zero-order chi connectivity index (χ0) is 17.6. The highest BCUT2D eigenvalue weighted by atomic mass is 14.9. The third kappa shape index (κ3) is 4.54. The number of hydrogen-bond acceptors (Lipinski definition) is 0. The van der Waals surface area contributed by atoms with Crippen molar-refractivity contribution in [3.63, 3.8) is 0 Å². The number of pyridine rings is 1. The zero-order valence-electron chi connectivity index (χ0n) is 15.1. The van der Waals surface area contributed by atoms with Crippen molar-refractivity contribution >= 4 is 24.3 Å². The molecule has 0 aliphatic rings. The lowest BCUT2D eigenvalue weighted by molar-refractivity contribution is -0.675. The van der Waals surface area contributed by atoms with E-state index in [1.54, 1.807) is 0 Å². The highest BCUT2D eigenvalue weighted by Crippen LogP contribution is 2.10. The van der Waals surface area contributed by atoms with E-state index in [1.165, 1.54) is 33.6 Å². The van der Waals surface area contributed by atoms with Crippen LogP contribution in [0.25, 0.3) is 24.3 Å². The number of hydrogen-bond donors (Lipinski definition) is 0. The molecule has 25 heavy (non-hydrogen) atoms. The van der Waals surface area contributed by atoms with Crippen molar-refractivity contribution in [1.29, 1.82) is 0 Å². The molecular weight excluding hydrogens is 302 g/mol. The minimum absolute atomic E-state index is 1.17. The first-order valence-electron chi connectivity index (χ1n) is 8.60. The molecule has 1 heteroatoms. The molecule has 0 fully saturated rings.